The van der Waals surface area contributed by atoms with Gasteiger partial charge in [0.15, 0.2) is 0 Å². The van der Waals surface area contributed by atoms with Gasteiger partial charge in [0.2, 0.25) is 0 Å². The van der Waals surface area contributed by atoms with E-state index in [9.17, 15) is 9.59 Å². The fourth-order valence-corrected chi connectivity index (χ4v) is 2.05. The number of aryl methyl sites for hydroxylation is 1. The summed E-state index contributed by atoms with van der Waals surface area (Å²) in [4.78, 5) is 22.6. The standard InChI is InChI=1S/C14H21NO4/c1-9(2)4-11(6-13(16)17)7-15-14(18)12-5-10(3)19-8-12/h5,8-9,11H,4,6-7H2,1-3H3,(H,15,18)(H,16,17)/t11-/m0/s1. The van der Waals surface area contributed by atoms with Crippen LogP contribution < -0.4 is 5.32 Å². The van der Waals surface area contributed by atoms with Crippen molar-refractivity contribution < 1.29 is 19.1 Å². The number of furan rings is 1. The highest BCUT2D eigenvalue weighted by Crippen LogP contribution is 2.15. The lowest BCUT2D eigenvalue weighted by Crippen LogP contribution is -2.30. The molecule has 0 fully saturated rings. The molecule has 0 saturated heterocycles. The van der Waals surface area contributed by atoms with Crippen molar-refractivity contribution in [2.45, 2.75) is 33.6 Å². The fourth-order valence-electron chi connectivity index (χ4n) is 2.05. The van der Waals surface area contributed by atoms with Crippen LogP contribution in [0.5, 0.6) is 0 Å². The molecular formula is C14H21NO4. The molecule has 1 heterocycles. The Morgan fingerprint density at radius 1 is 1.42 bits per heavy atom. The Morgan fingerprint density at radius 3 is 2.58 bits per heavy atom. The summed E-state index contributed by atoms with van der Waals surface area (Å²) in [5.41, 5.74) is 0.469. The molecule has 1 aromatic heterocycles. The maximum atomic E-state index is 11.8. The largest absolute Gasteiger partial charge is 0.481 e. The maximum absolute atomic E-state index is 11.8. The lowest BCUT2D eigenvalue weighted by atomic mass is 9.94. The predicted molar refractivity (Wildman–Crippen MR) is 71.0 cm³/mol. The van der Waals surface area contributed by atoms with Gasteiger partial charge in [-0.25, -0.2) is 0 Å². The molecule has 0 aliphatic heterocycles. The number of aliphatic carboxylic acids is 1. The van der Waals surface area contributed by atoms with E-state index >= 15 is 0 Å². The Bertz CT molecular complexity index is 436. The number of hydrogen-bond donors (Lipinski definition) is 2. The van der Waals surface area contributed by atoms with Gasteiger partial charge in [0.05, 0.1) is 5.56 Å². The minimum Gasteiger partial charge on any atom is -0.481 e. The molecule has 1 aromatic rings. The van der Waals surface area contributed by atoms with Crippen LogP contribution in [0.4, 0.5) is 0 Å². The summed E-state index contributed by atoms with van der Waals surface area (Å²) in [6, 6.07) is 1.66. The first-order chi connectivity index (χ1) is 8.88. The van der Waals surface area contributed by atoms with Crippen molar-refractivity contribution >= 4 is 11.9 Å². The normalized spacial score (nSPS) is 12.4. The summed E-state index contributed by atoms with van der Waals surface area (Å²) in [5, 5.41) is 11.6. The van der Waals surface area contributed by atoms with Gasteiger partial charge < -0.3 is 14.8 Å². The molecular weight excluding hydrogens is 246 g/mol. The van der Waals surface area contributed by atoms with E-state index in [0.717, 1.165) is 6.42 Å². The van der Waals surface area contributed by atoms with E-state index in [1.54, 1.807) is 13.0 Å². The summed E-state index contributed by atoms with van der Waals surface area (Å²) >= 11 is 0. The number of nitrogens with one attached hydrogen (secondary N) is 1. The Balaban J connectivity index is 2.50. The molecule has 0 aliphatic rings. The van der Waals surface area contributed by atoms with Gasteiger partial charge in [-0.2, -0.15) is 0 Å². The first-order valence-corrected chi connectivity index (χ1v) is 6.43. The second kappa shape index (κ2) is 6.97. The molecule has 1 amide bonds. The second-order valence-electron chi connectivity index (χ2n) is 5.25. The quantitative estimate of drug-likeness (QED) is 0.795. The van der Waals surface area contributed by atoms with E-state index in [1.807, 2.05) is 13.8 Å². The molecule has 0 unspecified atom stereocenters. The Kier molecular flexibility index (Phi) is 5.60. The van der Waals surface area contributed by atoms with Gasteiger partial charge in [0.1, 0.15) is 12.0 Å². The topological polar surface area (TPSA) is 79.5 Å². The number of carbonyl (C=O) groups is 2. The summed E-state index contributed by atoms with van der Waals surface area (Å²) in [7, 11) is 0. The number of carboxylic acid groups (broad SMARTS) is 1. The van der Waals surface area contributed by atoms with Crippen molar-refractivity contribution in [2.24, 2.45) is 11.8 Å². The molecule has 0 bridgehead atoms. The zero-order chi connectivity index (χ0) is 14.4. The summed E-state index contributed by atoms with van der Waals surface area (Å²) in [6.07, 6.45) is 2.25. The van der Waals surface area contributed by atoms with Gasteiger partial charge >= 0.3 is 5.97 Å². The van der Waals surface area contributed by atoms with Gasteiger partial charge in [-0.1, -0.05) is 13.8 Å². The Hall–Kier alpha value is -1.78. The highest BCUT2D eigenvalue weighted by molar-refractivity contribution is 5.93. The van der Waals surface area contributed by atoms with Crippen molar-refractivity contribution in [1.29, 1.82) is 0 Å². The molecule has 1 rings (SSSR count). The number of amides is 1. The SMILES string of the molecule is Cc1cc(C(=O)NC[C@H](CC(=O)O)CC(C)C)co1. The molecule has 5 nitrogen and oxygen atoms in total. The van der Waals surface area contributed by atoms with E-state index in [2.05, 4.69) is 5.32 Å². The smallest absolute Gasteiger partial charge is 0.303 e. The van der Waals surface area contributed by atoms with Crippen LogP contribution in [-0.4, -0.2) is 23.5 Å². The number of rotatable bonds is 7. The van der Waals surface area contributed by atoms with Crippen LogP contribution in [0.2, 0.25) is 0 Å². The second-order valence-corrected chi connectivity index (χ2v) is 5.25. The molecule has 0 aliphatic carbocycles. The molecule has 0 radical (unpaired) electrons. The summed E-state index contributed by atoms with van der Waals surface area (Å²) in [5.74, 6) is -0.0312. The van der Waals surface area contributed by atoms with Crippen molar-refractivity contribution in [3.63, 3.8) is 0 Å². The van der Waals surface area contributed by atoms with Crippen LogP contribution in [0.25, 0.3) is 0 Å². The van der Waals surface area contributed by atoms with Gasteiger partial charge in [-0.15, -0.1) is 0 Å². The van der Waals surface area contributed by atoms with Crippen LogP contribution in [-0.2, 0) is 4.79 Å². The number of carboxylic acids is 1. The van der Waals surface area contributed by atoms with Crippen LogP contribution in [0, 0.1) is 18.8 Å². The zero-order valence-electron chi connectivity index (χ0n) is 11.6. The van der Waals surface area contributed by atoms with Gasteiger partial charge in [0.25, 0.3) is 5.91 Å². The van der Waals surface area contributed by atoms with Gasteiger partial charge in [-0.3, -0.25) is 9.59 Å². The molecule has 19 heavy (non-hydrogen) atoms. The summed E-state index contributed by atoms with van der Waals surface area (Å²) in [6.45, 7) is 6.21. The molecule has 5 heteroatoms. The van der Waals surface area contributed by atoms with Crippen LogP contribution in [0.1, 0.15) is 42.8 Å². The van der Waals surface area contributed by atoms with E-state index in [-0.39, 0.29) is 18.2 Å². The molecule has 0 aromatic carbocycles. The molecule has 0 spiro atoms. The summed E-state index contributed by atoms with van der Waals surface area (Å²) < 4.78 is 5.07. The Labute approximate surface area is 113 Å². The maximum Gasteiger partial charge on any atom is 0.303 e. The third kappa shape index (κ3) is 5.59. The highest BCUT2D eigenvalue weighted by atomic mass is 16.4. The van der Waals surface area contributed by atoms with Crippen molar-refractivity contribution in [2.75, 3.05) is 6.54 Å². The third-order valence-corrected chi connectivity index (χ3v) is 2.81. The van der Waals surface area contributed by atoms with Crippen LogP contribution >= 0.6 is 0 Å². The fraction of sp³-hybridized carbons (Fsp3) is 0.571. The molecule has 2 N–H and O–H groups in total. The monoisotopic (exact) mass is 267 g/mol. The zero-order valence-corrected chi connectivity index (χ0v) is 11.6. The highest BCUT2D eigenvalue weighted by Gasteiger charge is 2.17. The molecule has 106 valence electrons. The van der Waals surface area contributed by atoms with Crippen molar-refractivity contribution in [3.05, 3.63) is 23.7 Å². The first-order valence-electron chi connectivity index (χ1n) is 6.43. The van der Waals surface area contributed by atoms with Gasteiger partial charge in [-0.05, 0) is 31.2 Å². The number of carbonyl (C=O) groups excluding carboxylic acids is 1. The number of hydrogen-bond acceptors (Lipinski definition) is 3. The van der Waals surface area contributed by atoms with Crippen LogP contribution in [0.3, 0.4) is 0 Å². The van der Waals surface area contributed by atoms with Crippen LogP contribution in [0.15, 0.2) is 16.7 Å². The lowest BCUT2D eigenvalue weighted by Gasteiger charge is -2.17. The predicted octanol–water partition coefficient (Wildman–Crippen LogP) is 2.45. The first kappa shape index (κ1) is 15.3. The van der Waals surface area contributed by atoms with Crippen molar-refractivity contribution in [1.82, 2.24) is 5.32 Å². The average Bonchev–Trinajstić information content (AvgIpc) is 2.71. The lowest BCUT2D eigenvalue weighted by molar-refractivity contribution is -0.138. The van der Waals surface area contributed by atoms with E-state index in [0.29, 0.717) is 23.8 Å². The average molecular weight is 267 g/mol. The van der Waals surface area contributed by atoms with E-state index < -0.39 is 5.97 Å². The Morgan fingerprint density at radius 2 is 2.11 bits per heavy atom. The molecule has 0 saturated carbocycles. The van der Waals surface area contributed by atoms with Crippen molar-refractivity contribution in [3.8, 4) is 0 Å². The van der Waals surface area contributed by atoms with E-state index in [4.69, 9.17) is 9.52 Å². The minimum absolute atomic E-state index is 0.0468. The van der Waals surface area contributed by atoms with E-state index in [1.165, 1.54) is 6.26 Å². The molecule has 1 atom stereocenters. The minimum atomic E-state index is -0.834. The third-order valence-electron chi connectivity index (χ3n) is 2.81. The van der Waals surface area contributed by atoms with Gasteiger partial charge in [0, 0.05) is 13.0 Å².